The van der Waals surface area contributed by atoms with Crippen LogP contribution in [0.1, 0.15) is 41.6 Å². The molecule has 0 spiro atoms. The average molecular weight is 231 g/mol. The van der Waals surface area contributed by atoms with Gasteiger partial charge in [-0.2, -0.15) is 0 Å². The van der Waals surface area contributed by atoms with Crippen LogP contribution >= 0.6 is 0 Å². The Bertz CT molecular complexity index is 426. The van der Waals surface area contributed by atoms with Gasteiger partial charge in [-0.1, -0.05) is 18.2 Å². The average Bonchev–Trinajstić information content (AvgIpc) is 2.37. The molecule has 0 aromatic heterocycles. The lowest BCUT2D eigenvalue weighted by molar-refractivity contribution is -0.119. The summed E-state index contributed by atoms with van der Waals surface area (Å²) in [7, 11) is 0. The molecule has 0 unspecified atom stereocenters. The van der Waals surface area contributed by atoms with E-state index >= 15 is 0 Å². The standard InChI is InChI=1S/C14H17NO2/c16-12-7-3-1-5-11-6-2-4-8-13(11)14(17)15-10-9-12/h2,4,6,8H,1,3,5,7,9-10H2,(H,15,17). The van der Waals surface area contributed by atoms with Gasteiger partial charge >= 0.3 is 0 Å². The van der Waals surface area contributed by atoms with Crippen LogP contribution < -0.4 is 5.32 Å². The van der Waals surface area contributed by atoms with Gasteiger partial charge in [0.2, 0.25) is 0 Å². The lowest BCUT2D eigenvalue weighted by atomic mass is 10.0. The first-order chi connectivity index (χ1) is 8.27. The fraction of sp³-hybridized carbons (Fsp3) is 0.429. The Morgan fingerprint density at radius 1 is 0.941 bits per heavy atom. The first-order valence-corrected chi connectivity index (χ1v) is 6.15. The van der Waals surface area contributed by atoms with Gasteiger partial charge < -0.3 is 5.32 Å². The molecule has 1 aromatic carbocycles. The Balaban J connectivity index is 2.18. The quantitative estimate of drug-likeness (QED) is 0.743. The number of nitrogens with one attached hydrogen (secondary N) is 1. The second-order valence-electron chi connectivity index (χ2n) is 4.41. The molecule has 0 radical (unpaired) electrons. The van der Waals surface area contributed by atoms with E-state index < -0.39 is 0 Å². The number of aryl methyl sites for hydroxylation is 1. The molecule has 0 saturated carbocycles. The van der Waals surface area contributed by atoms with Crippen LogP contribution in [0.25, 0.3) is 0 Å². The van der Waals surface area contributed by atoms with Gasteiger partial charge in [-0.25, -0.2) is 0 Å². The molecule has 0 saturated heterocycles. The first-order valence-electron chi connectivity index (χ1n) is 6.15. The van der Waals surface area contributed by atoms with Gasteiger partial charge in [-0.15, -0.1) is 0 Å². The zero-order valence-electron chi connectivity index (χ0n) is 9.87. The maximum Gasteiger partial charge on any atom is 0.251 e. The minimum atomic E-state index is -0.0599. The Morgan fingerprint density at radius 2 is 1.71 bits per heavy atom. The smallest absolute Gasteiger partial charge is 0.251 e. The molecule has 90 valence electrons. The normalized spacial score (nSPS) is 17.9. The molecular weight excluding hydrogens is 214 g/mol. The third kappa shape index (κ3) is 3.16. The summed E-state index contributed by atoms with van der Waals surface area (Å²) >= 11 is 0. The predicted molar refractivity (Wildman–Crippen MR) is 66.0 cm³/mol. The molecule has 0 bridgehead atoms. The maximum atomic E-state index is 11.9. The molecule has 3 heteroatoms. The maximum absolute atomic E-state index is 11.9. The van der Waals surface area contributed by atoms with Crippen LogP contribution in [0.15, 0.2) is 24.3 Å². The van der Waals surface area contributed by atoms with Gasteiger partial charge in [-0.05, 0) is 30.9 Å². The molecule has 0 atom stereocenters. The Kier molecular flexibility index (Phi) is 3.91. The van der Waals surface area contributed by atoms with Gasteiger partial charge in [-0.3, -0.25) is 9.59 Å². The minimum Gasteiger partial charge on any atom is -0.352 e. The zero-order chi connectivity index (χ0) is 12.1. The highest BCUT2D eigenvalue weighted by molar-refractivity contribution is 5.96. The fourth-order valence-electron chi connectivity index (χ4n) is 2.13. The molecule has 1 aliphatic rings. The second-order valence-corrected chi connectivity index (χ2v) is 4.41. The molecule has 1 N–H and O–H groups in total. The first kappa shape index (κ1) is 11.8. The van der Waals surface area contributed by atoms with Crippen LogP contribution in [0.2, 0.25) is 0 Å². The third-order valence-corrected chi connectivity index (χ3v) is 3.10. The molecule has 2 rings (SSSR count). The molecule has 1 aliphatic heterocycles. The van der Waals surface area contributed by atoms with Crippen molar-refractivity contribution in [3.63, 3.8) is 0 Å². The van der Waals surface area contributed by atoms with E-state index in [-0.39, 0.29) is 11.7 Å². The van der Waals surface area contributed by atoms with Gasteiger partial charge in [0.05, 0.1) is 0 Å². The van der Waals surface area contributed by atoms with Crippen molar-refractivity contribution in [3.05, 3.63) is 35.4 Å². The molecule has 0 aliphatic carbocycles. The van der Waals surface area contributed by atoms with Crippen molar-refractivity contribution in [3.8, 4) is 0 Å². The van der Waals surface area contributed by atoms with Crippen LogP contribution in [-0.4, -0.2) is 18.2 Å². The van der Waals surface area contributed by atoms with Crippen molar-refractivity contribution in [1.82, 2.24) is 5.32 Å². The number of fused-ring (bicyclic) bond motifs is 1. The monoisotopic (exact) mass is 231 g/mol. The van der Waals surface area contributed by atoms with E-state index in [0.29, 0.717) is 19.4 Å². The van der Waals surface area contributed by atoms with Crippen molar-refractivity contribution in [1.29, 1.82) is 0 Å². The molecule has 1 amide bonds. The van der Waals surface area contributed by atoms with E-state index in [1.807, 2.05) is 24.3 Å². The number of carbonyl (C=O) groups is 2. The number of Topliss-reactive ketones (excluding diaryl/α,β-unsaturated/α-hetero) is 1. The van der Waals surface area contributed by atoms with Gasteiger partial charge in [0.25, 0.3) is 5.91 Å². The summed E-state index contributed by atoms with van der Waals surface area (Å²) in [6.45, 7) is 0.450. The van der Waals surface area contributed by atoms with E-state index in [1.165, 1.54) is 0 Å². The number of rotatable bonds is 0. The Labute approximate surface area is 101 Å². The number of ketones is 1. The number of benzene rings is 1. The number of amides is 1. The molecule has 1 aromatic rings. The van der Waals surface area contributed by atoms with Crippen LogP contribution in [0.4, 0.5) is 0 Å². The molecule has 3 nitrogen and oxygen atoms in total. The summed E-state index contributed by atoms with van der Waals surface area (Å²) in [6.07, 6.45) is 3.85. The minimum absolute atomic E-state index is 0.0599. The molecular formula is C14H17NO2. The molecule has 17 heavy (non-hydrogen) atoms. The number of hydrogen-bond acceptors (Lipinski definition) is 2. The van der Waals surface area contributed by atoms with Crippen LogP contribution in [0.3, 0.4) is 0 Å². The topological polar surface area (TPSA) is 46.2 Å². The van der Waals surface area contributed by atoms with Crippen molar-refractivity contribution >= 4 is 11.7 Å². The summed E-state index contributed by atoms with van der Waals surface area (Å²) in [5.74, 6) is 0.187. The van der Waals surface area contributed by atoms with Crippen molar-refractivity contribution in [2.24, 2.45) is 0 Å². The summed E-state index contributed by atoms with van der Waals surface area (Å²) in [5.41, 5.74) is 1.83. The van der Waals surface area contributed by atoms with Gasteiger partial charge in [0.1, 0.15) is 5.78 Å². The highest BCUT2D eigenvalue weighted by Crippen LogP contribution is 2.14. The van der Waals surface area contributed by atoms with Crippen molar-refractivity contribution in [2.45, 2.75) is 32.1 Å². The summed E-state index contributed by atoms with van der Waals surface area (Å²) < 4.78 is 0. The van der Waals surface area contributed by atoms with E-state index in [2.05, 4.69) is 5.32 Å². The Morgan fingerprint density at radius 3 is 2.59 bits per heavy atom. The van der Waals surface area contributed by atoms with Crippen molar-refractivity contribution < 1.29 is 9.59 Å². The fourth-order valence-corrected chi connectivity index (χ4v) is 2.13. The van der Waals surface area contributed by atoms with Crippen LogP contribution in [0, 0.1) is 0 Å². The summed E-state index contributed by atoms with van der Waals surface area (Å²) in [6, 6.07) is 7.68. The van der Waals surface area contributed by atoms with Gasteiger partial charge in [0, 0.05) is 24.9 Å². The SMILES string of the molecule is O=C1CCCCc2ccccc2C(=O)NCC1. The van der Waals surface area contributed by atoms with E-state index in [1.54, 1.807) is 0 Å². The van der Waals surface area contributed by atoms with Crippen molar-refractivity contribution in [2.75, 3.05) is 6.54 Å². The van der Waals surface area contributed by atoms with Crippen LogP contribution in [-0.2, 0) is 11.2 Å². The number of carbonyl (C=O) groups excluding carboxylic acids is 2. The highest BCUT2D eigenvalue weighted by Gasteiger charge is 2.12. The summed E-state index contributed by atoms with van der Waals surface area (Å²) in [5, 5.41) is 2.81. The highest BCUT2D eigenvalue weighted by atomic mass is 16.1. The number of hydrogen-bond donors (Lipinski definition) is 1. The largest absolute Gasteiger partial charge is 0.352 e. The van der Waals surface area contributed by atoms with Crippen LogP contribution in [0.5, 0.6) is 0 Å². The summed E-state index contributed by atoms with van der Waals surface area (Å²) in [4.78, 5) is 23.4. The second kappa shape index (κ2) is 5.62. The van der Waals surface area contributed by atoms with E-state index in [0.717, 1.165) is 30.4 Å². The van der Waals surface area contributed by atoms with E-state index in [9.17, 15) is 9.59 Å². The van der Waals surface area contributed by atoms with Gasteiger partial charge in [0.15, 0.2) is 0 Å². The van der Waals surface area contributed by atoms with E-state index in [4.69, 9.17) is 0 Å². The Hall–Kier alpha value is -1.64. The predicted octanol–water partition coefficient (Wildman–Crippen LogP) is 2.10. The lowest BCUT2D eigenvalue weighted by Gasteiger charge is -2.08. The lowest BCUT2D eigenvalue weighted by Crippen LogP contribution is -2.26. The molecule has 0 fully saturated rings. The zero-order valence-corrected chi connectivity index (χ0v) is 9.87. The third-order valence-electron chi connectivity index (χ3n) is 3.10. The molecule has 1 heterocycles.